The lowest BCUT2D eigenvalue weighted by Crippen LogP contribution is -2.54. The highest BCUT2D eigenvalue weighted by Gasteiger charge is 2.38. The van der Waals surface area contributed by atoms with Crippen LogP contribution in [0.2, 0.25) is 0 Å². The number of hydrogen-bond donors (Lipinski definition) is 2. The molecule has 1 saturated heterocycles. The molecule has 1 heterocycles. The van der Waals surface area contributed by atoms with Crippen LogP contribution in [0.3, 0.4) is 0 Å². The van der Waals surface area contributed by atoms with Gasteiger partial charge in [0.15, 0.2) is 0 Å². The van der Waals surface area contributed by atoms with E-state index in [4.69, 9.17) is 15.0 Å². The average Bonchev–Trinajstić information content (AvgIpc) is 2.62. The number of aliphatic carboxylic acids is 1. The van der Waals surface area contributed by atoms with E-state index in [0.717, 1.165) is 44.7 Å². The van der Waals surface area contributed by atoms with Crippen molar-refractivity contribution in [3.8, 4) is 0 Å². The summed E-state index contributed by atoms with van der Waals surface area (Å²) in [5.74, 6) is -3.61. The second kappa shape index (κ2) is 9.88. The molecule has 0 aliphatic carbocycles. The second-order valence-electron chi connectivity index (χ2n) is 7.24. The maximum absolute atomic E-state index is 11.0. The molecule has 1 fully saturated rings. The molecule has 158 valence electrons. The zero-order valence-electron chi connectivity index (χ0n) is 16.3. The fraction of sp³-hybridized carbons (Fsp3) is 0.579. The molecule has 2 N–H and O–H groups in total. The molecule has 0 bridgehead atoms. The molecule has 1 aromatic rings. The van der Waals surface area contributed by atoms with Crippen LogP contribution in [0.1, 0.15) is 43.1 Å². The van der Waals surface area contributed by atoms with Crippen LogP contribution in [-0.2, 0) is 11.3 Å². The van der Waals surface area contributed by atoms with Crippen LogP contribution < -0.4 is 0 Å². The number of carbonyl (C=O) groups is 2. The van der Waals surface area contributed by atoms with Gasteiger partial charge in [-0.2, -0.15) is 13.2 Å². The van der Waals surface area contributed by atoms with Gasteiger partial charge in [0.1, 0.15) is 0 Å². The van der Waals surface area contributed by atoms with Crippen LogP contribution >= 0.6 is 0 Å². The Kier molecular flexibility index (Phi) is 8.44. The molecule has 0 unspecified atom stereocenters. The summed E-state index contributed by atoms with van der Waals surface area (Å²) in [5.41, 5.74) is 1.73. The van der Waals surface area contributed by atoms with Gasteiger partial charge >= 0.3 is 18.1 Å². The number of aromatic carboxylic acids is 1. The molecule has 9 heteroatoms. The topological polar surface area (TPSA) is 81.1 Å². The number of nitrogens with zero attached hydrogens (tertiary/aromatic N) is 2. The average molecular weight is 404 g/mol. The lowest BCUT2D eigenvalue weighted by molar-refractivity contribution is -0.192. The van der Waals surface area contributed by atoms with E-state index in [1.807, 2.05) is 12.1 Å². The normalized spacial score (nSPS) is 16.2. The van der Waals surface area contributed by atoms with Crippen LogP contribution in [0, 0.1) is 0 Å². The molecule has 0 radical (unpaired) electrons. The lowest BCUT2D eigenvalue weighted by atomic mass is 9.98. The minimum atomic E-state index is -5.08. The van der Waals surface area contributed by atoms with E-state index in [1.54, 1.807) is 12.1 Å². The molecule has 0 aromatic heterocycles. The third kappa shape index (κ3) is 7.47. The Morgan fingerprint density at radius 1 is 1.07 bits per heavy atom. The number of carboxylic acids is 2. The Bertz CT molecular complexity index is 669. The Morgan fingerprint density at radius 3 is 2.04 bits per heavy atom. The predicted molar refractivity (Wildman–Crippen MR) is 98.3 cm³/mol. The van der Waals surface area contributed by atoms with Crippen LogP contribution in [0.5, 0.6) is 0 Å². The van der Waals surface area contributed by atoms with Gasteiger partial charge in [-0.3, -0.25) is 9.80 Å². The molecule has 0 saturated carbocycles. The summed E-state index contributed by atoms with van der Waals surface area (Å²) < 4.78 is 31.7. The van der Waals surface area contributed by atoms with Gasteiger partial charge in [0.05, 0.1) is 5.56 Å². The van der Waals surface area contributed by atoms with Gasteiger partial charge in [0.2, 0.25) is 0 Å². The maximum Gasteiger partial charge on any atom is 0.490 e. The standard InChI is InChI=1S/C17H26N2O2.C2HF3O2/c1-4-17(2,3)19-10-8-18(9-11-19)13-14-6-5-7-15(12-14)16(20)21;3-2(4,5)1(6)7/h5-7,12H,4,8-11,13H2,1-3H3,(H,20,21);(H,6,7). The van der Waals surface area contributed by atoms with E-state index in [0.29, 0.717) is 5.56 Å². The van der Waals surface area contributed by atoms with Crippen molar-refractivity contribution in [3.05, 3.63) is 35.4 Å². The lowest BCUT2D eigenvalue weighted by Gasteiger charge is -2.43. The molecule has 28 heavy (non-hydrogen) atoms. The van der Waals surface area contributed by atoms with Gasteiger partial charge in [0.25, 0.3) is 0 Å². The number of halogens is 3. The summed E-state index contributed by atoms with van der Waals surface area (Å²) in [6.07, 6.45) is -3.92. The Labute approximate surface area is 162 Å². The molecule has 1 aromatic carbocycles. The van der Waals surface area contributed by atoms with Crippen molar-refractivity contribution in [3.63, 3.8) is 0 Å². The fourth-order valence-electron chi connectivity index (χ4n) is 2.80. The van der Waals surface area contributed by atoms with Gasteiger partial charge in [-0.1, -0.05) is 19.1 Å². The predicted octanol–water partition coefficient (Wildman–Crippen LogP) is 3.32. The number of piperazine rings is 1. The van der Waals surface area contributed by atoms with Crippen molar-refractivity contribution < 1.29 is 33.0 Å². The minimum absolute atomic E-state index is 0.273. The fourth-order valence-corrected chi connectivity index (χ4v) is 2.80. The highest BCUT2D eigenvalue weighted by molar-refractivity contribution is 5.87. The molecular weight excluding hydrogens is 377 g/mol. The van der Waals surface area contributed by atoms with Crippen LogP contribution in [-0.4, -0.2) is 69.8 Å². The van der Waals surface area contributed by atoms with Crippen molar-refractivity contribution in [1.29, 1.82) is 0 Å². The van der Waals surface area contributed by atoms with Crippen molar-refractivity contribution in [2.45, 2.75) is 45.5 Å². The monoisotopic (exact) mass is 404 g/mol. The first-order valence-electron chi connectivity index (χ1n) is 8.96. The Morgan fingerprint density at radius 2 is 1.61 bits per heavy atom. The quantitative estimate of drug-likeness (QED) is 0.784. The van der Waals surface area contributed by atoms with Gasteiger partial charge < -0.3 is 10.2 Å². The summed E-state index contributed by atoms with van der Waals surface area (Å²) in [7, 11) is 0. The summed E-state index contributed by atoms with van der Waals surface area (Å²) in [6.45, 7) is 11.9. The molecule has 0 amide bonds. The molecule has 2 rings (SSSR count). The van der Waals surface area contributed by atoms with Crippen molar-refractivity contribution in [2.24, 2.45) is 0 Å². The van der Waals surface area contributed by atoms with Crippen molar-refractivity contribution >= 4 is 11.9 Å². The van der Waals surface area contributed by atoms with Gasteiger partial charge in [-0.15, -0.1) is 0 Å². The first-order valence-corrected chi connectivity index (χ1v) is 8.96. The summed E-state index contributed by atoms with van der Waals surface area (Å²) in [5, 5.41) is 16.2. The zero-order chi connectivity index (χ0) is 21.5. The first-order chi connectivity index (χ1) is 12.9. The van der Waals surface area contributed by atoms with Crippen LogP contribution in [0.15, 0.2) is 24.3 Å². The molecule has 1 aliphatic heterocycles. The van der Waals surface area contributed by atoms with Gasteiger partial charge in [0, 0.05) is 38.3 Å². The molecular formula is C19H27F3N2O4. The van der Waals surface area contributed by atoms with E-state index in [-0.39, 0.29) is 5.54 Å². The van der Waals surface area contributed by atoms with E-state index >= 15 is 0 Å². The largest absolute Gasteiger partial charge is 0.490 e. The van der Waals surface area contributed by atoms with E-state index in [9.17, 15) is 18.0 Å². The highest BCUT2D eigenvalue weighted by Crippen LogP contribution is 2.21. The zero-order valence-corrected chi connectivity index (χ0v) is 16.3. The summed E-state index contributed by atoms with van der Waals surface area (Å²) in [4.78, 5) is 24.9. The summed E-state index contributed by atoms with van der Waals surface area (Å²) in [6, 6.07) is 7.27. The number of rotatable bonds is 5. The third-order valence-electron chi connectivity index (χ3n) is 4.92. The molecule has 1 aliphatic rings. The SMILES string of the molecule is CCC(C)(C)N1CCN(Cc2cccc(C(=O)O)c2)CC1.O=C(O)C(F)(F)F. The second-order valence-corrected chi connectivity index (χ2v) is 7.24. The molecule has 6 nitrogen and oxygen atoms in total. The van der Waals surface area contributed by atoms with Gasteiger partial charge in [-0.25, -0.2) is 9.59 Å². The number of carboxylic acid groups (broad SMARTS) is 2. The van der Waals surface area contributed by atoms with Crippen LogP contribution in [0.25, 0.3) is 0 Å². The van der Waals surface area contributed by atoms with E-state index in [1.165, 1.54) is 0 Å². The number of benzene rings is 1. The minimum Gasteiger partial charge on any atom is -0.478 e. The summed E-state index contributed by atoms with van der Waals surface area (Å²) >= 11 is 0. The Hall–Kier alpha value is -2.13. The molecule has 0 atom stereocenters. The maximum atomic E-state index is 11.0. The van der Waals surface area contributed by atoms with Crippen molar-refractivity contribution in [2.75, 3.05) is 26.2 Å². The van der Waals surface area contributed by atoms with E-state index in [2.05, 4.69) is 30.6 Å². The van der Waals surface area contributed by atoms with E-state index < -0.39 is 18.1 Å². The third-order valence-corrected chi connectivity index (χ3v) is 4.92. The highest BCUT2D eigenvalue weighted by atomic mass is 19.4. The molecule has 0 spiro atoms. The Balaban J connectivity index is 0.000000480. The number of alkyl halides is 3. The number of hydrogen-bond acceptors (Lipinski definition) is 4. The van der Waals surface area contributed by atoms with Crippen LogP contribution in [0.4, 0.5) is 13.2 Å². The van der Waals surface area contributed by atoms with Gasteiger partial charge in [-0.05, 0) is 38.0 Å². The first kappa shape index (κ1) is 23.9. The van der Waals surface area contributed by atoms with Crippen molar-refractivity contribution in [1.82, 2.24) is 9.80 Å². The smallest absolute Gasteiger partial charge is 0.478 e.